The number of halogens is 2. The molecule has 43 heavy (non-hydrogen) atoms. The fraction of sp³-hybridized carbons (Fsp3) is 0.303. The average Bonchev–Trinajstić information content (AvgIpc) is 2.97. The summed E-state index contributed by atoms with van der Waals surface area (Å²) in [4.78, 5) is 37.5. The Bertz CT molecular complexity index is 1730. The van der Waals surface area contributed by atoms with Crippen LogP contribution >= 0.6 is 11.6 Å². The zero-order valence-corrected chi connectivity index (χ0v) is 25.7. The van der Waals surface area contributed by atoms with Crippen molar-refractivity contribution in [3.05, 3.63) is 89.0 Å². The SMILES string of the molecule is C#Cc1nc(C)c(N2C(=C)N=C(N3CC(C)N(C(=O)C=C)CC3C)c3cc(Cl)c(-c4ccccc4F)nc32)c(C(C)C)n1. The first kappa shape index (κ1) is 29.9. The molecule has 0 saturated carbocycles. The van der Waals surface area contributed by atoms with Crippen molar-refractivity contribution in [1.29, 1.82) is 0 Å². The van der Waals surface area contributed by atoms with Crippen LogP contribution in [-0.4, -0.2) is 61.7 Å². The molecule has 10 heteroatoms. The Balaban J connectivity index is 1.74. The third-order valence-corrected chi connectivity index (χ3v) is 8.02. The molecule has 4 heterocycles. The molecular weight excluding hydrogens is 565 g/mol. The number of piperazine rings is 1. The van der Waals surface area contributed by atoms with Crippen molar-refractivity contribution in [2.45, 2.75) is 52.6 Å². The first-order valence-corrected chi connectivity index (χ1v) is 14.4. The molecule has 5 rings (SSSR count). The summed E-state index contributed by atoms with van der Waals surface area (Å²) >= 11 is 6.85. The lowest BCUT2D eigenvalue weighted by Gasteiger charge is -2.46. The number of amides is 1. The smallest absolute Gasteiger partial charge is 0.246 e. The summed E-state index contributed by atoms with van der Waals surface area (Å²) in [7, 11) is 0. The van der Waals surface area contributed by atoms with Gasteiger partial charge in [0.05, 0.1) is 33.4 Å². The van der Waals surface area contributed by atoms with E-state index in [1.807, 2.05) is 34.6 Å². The molecule has 2 aliphatic heterocycles. The maximum Gasteiger partial charge on any atom is 0.246 e. The first-order chi connectivity index (χ1) is 20.5. The van der Waals surface area contributed by atoms with Crippen LogP contribution in [0.2, 0.25) is 5.02 Å². The molecule has 0 bridgehead atoms. The lowest BCUT2D eigenvalue weighted by Crippen LogP contribution is -2.59. The molecule has 0 radical (unpaired) electrons. The van der Waals surface area contributed by atoms with Crippen LogP contribution < -0.4 is 4.90 Å². The van der Waals surface area contributed by atoms with E-state index in [4.69, 9.17) is 28.0 Å². The molecule has 2 atom stereocenters. The van der Waals surface area contributed by atoms with Crippen LogP contribution in [0.1, 0.15) is 56.4 Å². The summed E-state index contributed by atoms with van der Waals surface area (Å²) in [5, 5.41) is 0.268. The molecule has 0 aliphatic carbocycles. The molecule has 2 aromatic heterocycles. The number of rotatable bonds is 4. The van der Waals surface area contributed by atoms with Crippen LogP contribution in [0.4, 0.5) is 15.9 Å². The van der Waals surface area contributed by atoms with Gasteiger partial charge >= 0.3 is 0 Å². The van der Waals surface area contributed by atoms with Gasteiger partial charge in [0.15, 0.2) is 5.82 Å². The van der Waals surface area contributed by atoms with Gasteiger partial charge in [0.2, 0.25) is 11.7 Å². The minimum Gasteiger partial charge on any atom is -0.349 e. The zero-order chi connectivity index (χ0) is 31.2. The topological polar surface area (TPSA) is 77.8 Å². The number of benzene rings is 1. The highest BCUT2D eigenvalue weighted by molar-refractivity contribution is 6.33. The number of hydrogen-bond donors (Lipinski definition) is 0. The highest BCUT2D eigenvalue weighted by Crippen LogP contribution is 2.43. The number of amidine groups is 1. The van der Waals surface area contributed by atoms with Gasteiger partial charge in [0, 0.05) is 30.7 Å². The molecular formula is C33H33ClFN7O. The number of aryl methyl sites for hydroxylation is 1. The minimum atomic E-state index is -0.446. The van der Waals surface area contributed by atoms with Crippen molar-refractivity contribution in [3.8, 4) is 23.6 Å². The summed E-state index contributed by atoms with van der Waals surface area (Å²) in [5.41, 5.74) is 3.16. The number of hydrogen-bond acceptors (Lipinski definition) is 7. The molecule has 0 N–H and O–H groups in total. The van der Waals surface area contributed by atoms with E-state index in [1.165, 1.54) is 12.1 Å². The van der Waals surface area contributed by atoms with Crippen LogP contribution in [0.25, 0.3) is 11.3 Å². The summed E-state index contributed by atoms with van der Waals surface area (Å²) < 4.78 is 15.1. The Morgan fingerprint density at radius 2 is 1.88 bits per heavy atom. The minimum absolute atomic E-state index is 0.0277. The predicted molar refractivity (Wildman–Crippen MR) is 169 cm³/mol. The Labute approximate surface area is 256 Å². The second kappa shape index (κ2) is 11.6. The van der Waals surface area contributed by atoms with Gasteiger partial charge in [-0.2, -0.15) is 0 Å². The van der Waals surface area contributed by atoms with E-state index in [-0.39, 0.29) is 46.0 Å². The number of anilines is 2. The molecule has 2 aliphatic rings. The summed E-state index contributed by atoms with van der Waals surface area (Å²) in [6.45, 7) is 18.9. The molecule has 8 nitrogen and oxygen atoms in total. The first-order valence-electron chi connectivity index (χ1n) is 14.0. The van der Waals surface area contributed by atoms with Gasteiger partial charge in [0.1, 0.15) is 17.5 Å². The number of carbonyl (C=O) groups is 1. The predicted octanol–water partition coefficient (Wildman–Crippen LogP) is 6.22. The number of terminal acetylenes is 1. The van der Waals surface area contributed by atoms with Gasteiger partial charge in [-0.15, -0.1) is 6.42 Å². The van der Waals surface area contributed by atoms with Gasteiger partial charge in [-0.05, 0) is 56.9 Å². The average molecular weight is 598 g/mol. The Hall–Kier alpha value is -4.55. The number of aliphatic imine (C=N–C) groups is 1. The van der Waals surface area contributed by atoms with Crippen LogP contribution in [0.5, 0.6) is 0 Å². The number of pyridine rings is 1. The highest BCUT2D eigenvalue weighted by Gasteiger charge is 2.38. The van der Waals surface area contributed by atoms with Gasteiger partial charge in [-0.3, -0.25) is 9.69 Å². The van der Waals surface area contributed by atoms with Crippen LogP contribution in [0, 0.1) is 25.1 Å². The van der Waals surface area contributed by atoms with Crippen LogP contribution in [0.15, 0.2) is 60.4 Å². The van der Waals surface area contributed by atoms with Gasteiger partial charge in [-0.1, -0.05) is 50.7 Å². The van der Waals surface area contributed by atoms with Crippen molar-refractivity contribution < 1.29 is 9.18 Å². The summed E-state index contributed by atoms with van der Waals surface area (Å²) in [6.07, 6.45) is 7.01. The van der Waals surface area contributed by atoms with Crippen molar-refractivity contribution in [1.82, 2.24) is 24.8 Å². The molecule has 2 unspecified atom stereocenters. The van der Waals surface area contributed by atoms with Gasteiger partial charge < -0.3 is 9.80 Å². The quantitative estimate of drug-likeness (QED) is 0.262. The maximum absolute atomic E-state index is 15.1. The Morgan fingerprint density at radius 1 is 1.16 bits per heavy atom. The van der Waals surface area contributed by atoms with E-state index in [0.29, 0.717) is 53.2 Å². The normalized spacial score (nSPS) is 18.3. The van der Waals surface area contributed by atoms with Crippen molar-refractivity contribution in [2.24, 2.45) is 4.99 Å². The van der Waals surface area contributed by atoms with Gasteiger partial charge in [-0.25, -0.2) is 24.3 Å². The summed E-state index contributed by atoms with van der Waals surface area (Å²) in [5.74, 6) is 3.68. The zero-order valence-electron chi connectivity index (χ0n) is 24.9. The number of carbonyl (C=O) groups excluding carboxylic acids is 1. The van der Waals surface area contributed by atoms with Crippen molar-refractivity contribution in [3.63, 3.8) is 0 Å². The third-order valence-electron chi connectivity index (χ3n) is 7.73. The Morgan fingerprint density at radius 3 is 2.53 bits per heavy atom. The molecule has 1 fully saturated rings. The van der Waals surface area contributed by atoms with E-state index < -0.39 is 5.82 Å². The largest absolute Gasteiger partial charge is 0.349 e. The lowest BCUT2D eigenvalue weighted by atomic mass is 10.0. The maximum atomic E-state index is 15.1. The standard InChI is InChI=1S/C33H33ClFN7O/c1-9-27-36-21(7)31(29(38-27)18(3)4)42-22(8)37-32(41-17-19(5)40(16-20(41)6)28(43)10-2)24-15-25(34)30(39-33(24)42)23-13-11-12-14-26(23)35/h1,10-15,18-20H,2,8,16-17H2,3-7H3. The Kier molecular flexibility index (Phi) is 8.08. The monoisotopic (exact) mass is 597 g/mol. The number of nitrogens with zero attached hydrogens (tertiary/aromatic N) is 7. The molecule has 1 amide bonds. The van der Waals surface area contributed by atoms with Gasteiger partial charge in [0.25, 0.3) is 0 Å². The van der Waals surface area contributed by atoms with E-state index in [1.54, 1.807) is 34.1 Å². The van der Waals surface area contributed by atoms with Crippen molar-refractivity contribution in [2.75, 3.05) is 18.0 Å². The second-order valence-electron chi connectivity index (χ2n) is 11.1. The lowest BCUT2D eigenvalue weighted by molar-refractivity contribution is -0.130. The van der Waals surface area contributed by atoms with E-state index >= 15 is 4.39 Å². The summed E-state index contributed by atoms with van der Waals surface area (Å²) in [6, 6.07) is 7.93. The fourth-order valence-corrected chi connectivity index (χ4v) is 5.90. The van der Waals surface area contributed by atoms with Crippen LogP contribution in [-0.2, 0) is 4.79 Å². The molecule has 1 aromatic carbocycles. The third kappa shape index (κ3) is 5.28. The molecule has 1 saturated heterocycles. The van der Waals surface area contributed by atoms with Crippen molar-refractivity contribution >= 4 is 34.8 Å². The van der Waals surface area contributed by atoms with E-state index in [0.717, 1.165) is 0 Å². The van der Waals surface area contributed by atoms with E-state index in [2.05, 4.69) is 33.9 Å². The molecule has 3 aromatic rings. The van der Waals surface area contributed by atoms with Crippen LogP contribution in [0.3, 0.4) is 0 Å². The number of fused-ring (bicyclic) bond motifs is 1. The number of aromatic nitrogens is 3. The van der Waals surface area contributed by atoms with E-state index in [9.17, 15) is 4.79 Å². The molecule has 0 spiro atoms. The molecule has 220 valence electrons. The fourth-order valence-electron chi connectivity index (χ4n) is 5.64. The second-order valence-corrected chi connectivity index (χ2v) is 11.5. The highest BCUT2D eigenvalue weighted by atomic mass is 35.5.